The Morgan fingerprint density at radius 1 is 1.47 bits per heavy atom. The molecule has 0 radical (unpaired) electrons. The van der Waals surface area contributed by atoms with Gasteiger partial charge in [-0.05, 0) is 6.92 Å². The Hall–Kier alpha value is -1.68. The van der Waals surface area contributed by atoms with Crippen LogP contribution in [0.5, 0.6) is 0 Å². The van der Waals surface area contributed by atoms with Crippen molar-refractivity contribution in [3.8, 4) is 6.07 Å². The first kappa shape index (κ1) is 11.8. The molecule has 1 aromatic rings. The van der Waals surface area contributed by atoms with E-state index in [-0.39, 0.29) is 23.2 Å². The van der Waals surface area contributed by atoms with Crippen molar-refractivity contribution in [3.05, 3.63) is 18.1 Å². The molecule has 0 bridgehead atoms. The summed E-state index contributed by atoms with van der Waals surface area (Å²) in [6.45, 7) is 2.26. The number of rotatable bonds is 1. The average Bonchev–Trinajstić information content (AvgIpc) is 2.28. The summed E-state index contributed by atoms with van der Waals surface area (Å²) < 4.78 is 22.9. The molecule has 7 heteroatoms. The maximum atomic E-state index is 11.4. The van der Waals surface area contributed by atoms with Crippen molar-refractivity contribution < 1.29 is 8.42 Å². The topological polar surface area (TPSA) is 87.0 Å². The van der Waals surface area contributed by atoms with Crippen LogP contribution < -0.4 is 4.90 Å². The molecule has 0 spiro atoms. The minimum Gasteiger partial charge on any atom is -0.351 e. The highest BCUT2D eigenvalue weighted by Gasteiger charge is 2.28. The van der Waals surface area contributed by atoms with Gasteiger partial charge < -0.3 is 4.90 Å². The van der Waals surface area contributed by atoms with Gasteiger partial charge in [0, 0.05) is 12.6 Å². The van der Waals surface area contributed by atoms with E-state index in [9.17, 15) is 8.42 Å². The minimum atomic E-state index is -2.93. The molecule has 90 valence electrons. The Balaban J connectivity index is 2.21. The number of anilines is 1. The molecular formula is C10H12N4O2S. The van der Waals surface area contributed by atoms with E-state index >= 15 is 0 Å². The number of nitriles is 1. The fraction of sp³-hybridized carbons (Fsp3) is 0.500. The van der Waals surface area contributed by atoms with Gasteiger partial charge in [-0.1, -0.05) is 0 Å². The molecule has 1 aliphatic heterocycles. The van der Waals surface area contributed by atoms with Crippen molar-refractivity contribution in [2.24, 2.45) is 0 Å². The van der Waals surface area contributed by atoms with Crippen molar-refractivity contribution >= 4 is 15.7 Å². The van der Waals surface area contributed by atoms with E-state index in [0.717, 1.165) is 0 Å². The molecule has 0 N–H and O–H groups in total. The largest absolute Gasteiger partial charge is 0.351 e. The molecule has 0 aromatic carbocycles. The van der Waals surface area contributed by atoms with Gasteiger partial charge >= 0.3 is 0 Å². The van der Waals surface area contributed by atoms with E-state index in [1.165, 1.54) is 12.4 Å². The Morgan fingerprint density at radius 2 is 2.24 bits per heavy atom. The SMILES string of the molecule is CC1CS(=O)(=O)CCN1c1cnc(C#N)cn1. The normalized spacial score (nSPS) is 23.1. The molecule has 6 nitrogen and oxygen atoms in total. The lowest BCUT2D eigenvalue weighted by molar-refractivity contribution is 0.566. The molecule has 0 saturated carbocycles. The zero-order valence-electron chi connectivity index (χ0n) is 9.37. The quantitative estimate of drug-likeness (QED) is 0.697. The second-order valence-corrected chi connectivity index (χ2v) is 6.26. The molecule has 1 atom stereocenters. The number of hydrogen-bond donors (Lipinski definition) is 0. The van der Waals surface area contributed by atoms with Crippen molar-refractivity contribution in [1.29, 1.82) is 5.26 Å². The fourth-order valence-corrected chi connectivity index (χ4v) is 3.42. The number of nitrogens with zero attached hydrogens (tertiary/aromatic N) is 4. The van der Waals surface area contributed by atoms with E-state index < -0.39 is 9.84 Å². The summed E-state index contributed by atoms with van der Waals surface area (Å²) in [4.78, 5) is 9.94. The lowest BCUT2D eigenvalue weighted by Gasteiger charge is -2.33. The summed E-state index contributed by atoms with van der Waals surface area (Å²) in [6, 6.07) is 1.78. The van der Waals surface area contributed by atoms with Crippen molar-refractivity contribution in [2.75, 3.05) is 23.0 Å². The summed E-state index contributed by atoms with van der Waals surface area (Å²) in [5, 5.41) is 8.61. The molecule has 0 amide bonds. The van der Waals surface area contributed by atoms with E-state index in [4.69, 9.17) is 5.26 Å². The zero-order valence-corrected chi connectivity index (χ0v) is 10.2. The van der Waals surface area contributed by atoms with Crippen LogP contribution in [-0.4, -0.2) is 42.5 Å². The van der Waals surface area contributed by atoms with Gasteiger partial charge in [-0.3, -0.25) is 0 Å². The molecule has 0 aliphatic carbocycles. The lowest BCUT2D eigenvalue weighted by atomic mass is 10.3. The highest BCUT2D eigenvalue weighted by Crippen LogP contribution is 2.18. The summed E-state index contributed by atoms with van der Waals surface area (Å²) in [5.74, 6) is 0.889. The number of sulfone groups is 1. The van der Waals surface area contributed by atoms with Crippen molar-refractivity contribution in [2.45, 2.75) is 13.0 Å². The number of aromatic nitrogens is 2. The van der Waals surface area contributed by atoms with Gasteiger partial charge in [0.15, 0.2) is 15.5 Å². The molecule has 1 aliphatic rings. The van der Waals surface area contributed by atoms with E-state index in [1.54, 1.807) is 0 Å². The van der Waals surface area contributed by atoms with Gasteiger partial charge in [-0.15, -0.1) is 0 Å². The third kappa shape index (κ3) is 2.53. The second kappa shape index (κ2) is 4.30. The number of hydrogen-bond acceptors (Lipinski definition) is 6. The van der Waals surface area contributed by atoms with Crippen LogP contribution >= 0.6 is 0 Å². The van der Waals surface area contributed by atoms with Crippen molar-refractivity contribution in [1.82, 2.24) is 9.97 Å². The van der Waals surface area contributed by atoms with Gasteiger partial charge in [0.1, 0.15) is 11.9 Å². The third-order valence-electron chi connectivity index (χ3n) is 2.72. The zero-order chi connectivity index (χ0) is 12.5. The first-order valence-corrected chi connectivity index (χ1v) is 7.03. The first-order chi connectivity index (χ1) is 8.02. The Morgan fingerprint density at radius 3 is 2.76 bits per heavy atom. The fourth-order valence-electron chi connectivity index (χ4n) is 1.87. The highest BCUT2D eigenvalue weighted by molar-refractivity contribution is 7.91. The van der Waals surface area contributed by atoms with Crippen LogP contribution in [-0.2, 0) is 9.84 Å². The van der Waals surface area contributed by atoms with Crippen LogP contribution in [0.25, 0.3) is 0 Å². The molecule has 1 unspecified atom stereocenters. The summed E-state index contributed by atoms with van der Waals surface area (Å²) in [7, 11) is -2.93. The molecule has 2 rings (SSSR count). The summed E-state index contributed by atoms with van der Waals surface area (Å²) in [5.41, 5.74) is 0.256. The molecule has 17 heavy (non-hydrogen) atoms. The van der Waals surface area contributed by atoms with Gasteiger partial charge in [0.25, 0.3) is 0 Å². The highest BCUT2D eigenvalue weighted by atomic mass is 32.2. The molecule has 1 fully saturated rings. The van der Waals surface area contributed by atoms with E-state index in [0.29, 0.717) is 12.4 Å². The maximum absolute atomic E-state index is 11.4. The predicted octanol–water partition coefficient (Wildman–Crippen LogP) is -0.0284. The summed E-state index contributed by atoms with van der Waals surface area (Å²) in [6.07, 6.45) is 2.90. The summed E-state index contributed by atoms with van der Waals surface area (Å²) >= 11 is 0. The van der Waals surface area contributed by atoms with Crippen molar-refractivity contribution in [3.63, 3.8) is 0 Å². The van der Waals surface area contributed by atoms with Gasteiger partial charge in [-0.25, -0.2) is 18.4 Å². The molecular weight excluding hydrogens is 240 g/mol. The van der Waals surface area contributed by atoms with Crippen LogP contribution in [0.3, 0.4) is 0 Å². The maximum Gasteiger partial charge on any atom is 0.158 e. The Labute approximate surface area is 99.8 Å². The first-order valence-electron chi connectivity index (χ1n) is 5.21. The smallest absolute Gasteiger partial charge is 0.158 e. The van der Waals surface area contributed by atoms with Gasteiger partial charge in [0.2, 0.25) is 0 Å². The Bertz CT molecular complexity index is 547. The Kier molecular flexibility index (Phi) is 2.98. The van der Waals surface area contributed by atoms with Crippen LogP contribution in [0, 0.1) is 11.3 Å². The van der Waals surface area contributed by atoms with Crippen LogP contribution in [0.2, 0.25) is 0 Å². The van der Waals surface area contributed by atoms with Gasteiger partial charge in [-0.2, -0.15) is 5.26 Å². The lowest BCUT2D eigenvalue weighted by Crippen LogP contribution is -2.47. The molecule has 1 saturated heterocycles. The van der Waals surface area contributed by atoms with Crippen LogP contribution in [0.15, 0.2) is 12.4 Å². The molecule has 1 aromatic heterocycles. The second-order valence-electron chi connectivity index (χ2n) is 4.03. The third-order valence-corrected chi connectivity index (χ3v) is 4.51. The minimum absolute atomic E-state index is 0.115. The molecule has 2 heterocycles. The van der Waals surface area contributed by atoms with E-state index in [1.807, 2.05) is 17.9 Å². The van der Waals surface area contributed by atoms with E-state index in [2.05, 4.69) is 9.97 Å². The standard InChI is InChI=1S/C10H12N4O2S/c1-8-7-17(15,16)3-2-14(8)10-6-12-9(4-11)5-13-10/h5-6,8H,2-3,7H2,1H3. The predicted molar refractivity (Wildman–Crippen MR) is 62.2 cm³/mol. The van der Waals surface area contributed by atoms with Gasteiger partial charge in [0.05, 0.1) is 23.9 Å². The van der Waals surface area contributed by atoms with Crippen LogP contribution in [0.1, 0.15) is 12.6 Å². The average molecular weight is 252 g/mol. The monoisotopic (exact) mass is 252 g/mol. The van der Waals surface area contributed by atoms with Crippen LogP contribution in [0.4, 0.5) is 5.82 Å².